The average Bonchev–Trinajstić information content (AvgIpc) is 3.23. The molecule has 0 aromatic rings. The molecule has 2 atom stereocenters. The molecule has 0 saturated heterocycles. The maximum absolute atomic E-state index is 12.7. The van der Waals surface area contributed by atoms with E-state index in [1.54, 1.807) is 0 Å². The number of alkyl carbamates (subject to hydrolysis) is 1. The highest BCUT2D eigenvalue weighted by atomic mass is 31.2. The van der Waals surface area contributed by atoms with Crippen LogP contribution in [0.4, 0.5) is 4.79 Å². The van der Waals surface area contributed by atoms with E-state index in [2.05, 4.69) is 24.5 Å². The highest BCUT2D eigenvalue weighted by molar-refractivity contribution is 7.47. The summed E-state index contributed by atoms with van der Waals surface area (Å²) < 4.78 is 38.5. The number of hydrogen-bond acceptors (Lipinski definition) is 10. The van der Waals surface area contributed by atoms with Gasteiger partial charge >= 0.3 is 25.9 Å². The summed E-state index contributed by atoms with van der Waals surface area (Å²) in [5, 5.41) is 4.98. The third-order valence-corrected chi connectivity index (χ3v) is 11.7. The summed E-state index contributed by atoms with van der Waals surface area (Å²) in [6.07, 6.45) is 35.7. The second kappa shape index (κ2) is 44.4. The fourth-order valence-corrected chi connectivity index (χ4v) is 7.73. The summed E-state index contributed by atoms with van der Waals surface area (Å²) >= 11 is 0. The van der Waals surface area contributed by atoms with Gasteiger partial charge in [0.05, 0.1) is 19.8 Å². The Morgan fingerprint density at radius 3 is 1.31 bits per heavy atom. The molecule has 13 nitrogen and oxygen atoms in total. The van der Waals surface area contributed by atoms with Gasteiger partial charge in [-0.15, -0.1) is 0 Å². The molecule has 0 saturated carbocycles. The minimum atomic E-state index is -4.60. The number of ether oxygens (including phenoxy) is 3. The van der Waals surface area contributed by atoms with Gasteiger partial charge in [0.25, 0.3) is 0 Å². The molecule has 0 radical (unpaired) electrons. The Balaban J connectivity index is 4.49. The molecule has 0 aromatic heterocycles. The molecule has 0 aromatic carbocycles. The SMILES string of the molecule is CCCCCCCCCCCCCCCCCC(=O)OC[C@H](COP(=O)(O)OCCNC(=O)OCCCNC(C)=O)OC(=O)CCCCCCCCCCCCCCCCC. The van der Waals surface area contributed by atoms with Crippen molar-refractivity contribution in [3.63, 3.8) is 0 Å². The molecular formula is C47H91N2O11P. The van der Waals surface area contributed by atoms with E-state index in [0.717, 1.165) is 38.5 Å². The second-order valence-corrected chi connectivity index (χ2v) is 18.1. The molecule has 14 heteroatoms. The molecule has 0 aliphatic carbocycles. The number of rotatable bonds is 46. The second-order valence-electron chi connectivity index (χ2n) is 16.7. The van der Waals surface area contributed by atoms with Crippen molar-refractivity contribution >= 4 is 31.8 Å². The van der Waals surface area contributed by atoms with Crippen LogP contribution in [0.3, 0.4) is 0 Å². The zero-order valence-corrected chi connectivity index (χ0v) is 40.0. The minimum Gasteiger partial charge on any atom is -0.462 e. The van der Waals surface area contributed by atoms with Crippen molar-refractivity contribution in [1.29, 1.82) is 0 Å². The van der Waals surface area contributed by atoms with Gasteiger partial charge in [-0.2, -0.15) is 0 Å². The van der Waals surface area contributed by atoms with Crippen molar-refractivity contribution in [2.24, 2.45) is 0 Å². The molecule has 0 rings (SSSR count). The molecule has 360 valence electrons. The Morgan fingerprint density at radius 1 is 0.475 bits per heavy atom. The van der Waals surface area contributed by atoms with E-state index < -0.39 is 38.6 Å². The highest BCUT2D eigenvalue weighted by Crippen LogP contribution is 2.43. The number of carbonyl (C=O) groups is 4. The molecule has 0 heterocycles. The summed E-state index contributed by atoms with van der Waals surface area (Å²) in [6, 6.07) is 0. The van der Waals surface area contributed by atoms with Crippen LogP contribution in [0.1, 0.15) is 233 Å². The molecule has 0 fully saturated rings. The maximum atomic E-state index is 12.7. The first-order valence-electron chi connectivity index (χ1n) is 24.7. The van der Waals surface area contributed by atoms with Gasteiger partial charge in [-0.05, 0) is 19.3 Å². The Hall–Kier alpha value is -2.21. The summed E-state index contributed by atoms with van der Waals surface area (Å²) in [6.45, 7) is 5.03. The zero-order chi connectivity index (χ0) is 44.9. The lowest BCUT2D eigenvalue weighted by Gasteiger charge is -2.20. The Morgan fingerprint density at radius 2 is 0.885 bits per heavy atom. The van der Waals surface area contributed by atoms with Crippen LogP contribution in [0.25, 0.3) is 0 Å². The quantitative estimate of drug-likeness (QED) is 0.0229. The number of phosphoric ester groups is 1. The minimum absolute atomic E-state index is 0.0815. The van der Waals surface area contributed by atoms with Crippen LogP contribution in [0, 0.1) is 0 Å². The molecule has 61 heavy (non-hydrogen) atoms. The van der Waals surface area contributed by atoms with E-state index >= 15 is 0 Å². The molecule has 0 aliphatic heterocycles. The summed E-state index contributed by atoms with van der Waals surface area (Å²) in [5.74, 6) is -1.09. The topological polar surface area (TPSA) is 176 Å². The van der Waals surface area contributed by atoms with Gasteiger partial charge in [-0.3, -0.25) is 23.4 Å². The largest absolute Gasteiger partial charge is 0.472 e. The molecule has 0 bridgehead atoms. The smallest absolute Gasteiger partial charge is 0.462 e. The van der Waals surface area contributed by atoms with Crippen LogP contribution < -0.4 is 10.6 Å². The van der Waals surface area contributed by atoms with Crippen molar-refractivity contribution < 1.29 is 51.9 Å². The predicted octanol–water partition coefficient (Wildman–Crippen LogP) is 12.4. The number of esters is 2. The zero-order valence-electron chi connectivity index (χ0n) is 39.1. The summed E-state index contributed by atoms with van der Waals surface area (Å²) in [5.41, 5.74) is 0. The van der Waals surface area contributed by atoms with Crippen LogP contribution in [0.5, 0.6) is 0 Å². The first kappa shape index (κ1) is 58.8. The lowest BCUT2D eigenvalue weighted by molar-refractivity contribution is -0.161. The molecule has 2 amide bonds. The Bertz CT molecular complexity index is 1100. The van der Waals surface area contributed by atoms with Crippen LogP contribution in [-0.2, 0) is 42.2 Å². The van der Waals surface area contributed by atoms with E-state index in [4.69, 9.17) is 23.3 Å². The van der Waals surface area contributed by atoms with Crippen LogP contribution in [0.2, 0.25) is 0 Å². The summed E-state index contributed by atoms with van der Waals surface area (Å²) in [4.78, 5) is 58.2. The van der Waals surface area contributed by atoms with Gasteiger partial charge in [-0.25, -0.2) is 9.36 Å². The van der Waals surface area contributed by atoms with Gasteiger partial charge < -0.3 is 29.7 Å². The van der Waals surface area contributed by atoms with Gasteiger partial charge in [0.2, 0.25) is 5.91 Å². The molecular weight excluding hydrogens is 799 g/mol. The van der Waals surface area contributed by atoms with E-state index in [0.29, 0.717) is 25.8 Å². The monoisotopic (exact) mass is 891 g/mol. The van der Waals surface area contributed by atoms with Crippen LogP contribution >= 0.6 is 7.82 Å². The van der Waals surface area contributed by atoms with Gasteiger partial charge in [0, 0.05) is 32.9 Å². The number of nitrogens with one attached hydrogen (secondary N) is 2. The highest BCUT2D eigenvalue weighted by Gasteiger charge is 2.26. The molecule has 3 N–H and O–H groups in total. The number of carbonyl (C=O) groups excluding carboxylic acids is 4. The van der Waals surface area contributed by atoms with E-state index in [1.165, 1.54) is 148 Å². The molecule has 0 spiro atoms. The predicted molar refractivity (Wildman–Crippen MR) is 244 cm³/mol. The lowest BCUT2D eigenvalue weighted by atomic mass is 10.0. The number of phosphoric acid groups is 1. The fraction of sp³-hybridized carbons (Fsp3) is 0.915. The molecule has 1 unspecified atom stereocenters. The first-order chi connectivity index (χ1) is 29.6. The molecule has 0 aliphatic rings. The fourth-order valence-electron chi connectivity index (χ4n) is 6.98. The van der Waals surface area contributed by atoms with E-state index in [1.807, 2.05) is 0 Å². The Kier molecular flexibility index (Phi) is 42.8. The lowest BCUT2D eigenvalue weighted by Crippen LogP contribution is -2.30. The van der Waals surface area contributed by atoms with Crippen LogP contribution in [0.15, 0.2) is 0 Å². The van der Waals surface area contributed by atoms with Crippen LogP contribution in [-0.4, -0.2) is 74.5 Å². The average molecular weight is 891 g/mol. The number of hydrogen-bond donors (Lipinski definition) is 3. The standard InChI is InChI=1S/C47H91N2O11P/c1-4-6-8-10-12-14-16-18-20-22-24-26-28-30-32-35-45(51)57-41-44(42-59-61(54,55)58-40-38-49-47(53)56-39-34-37-48-43(3)50)60-46(52)36-33-31-29-27-25-23-21-19-17-15-13-11-9-7-5-2/h44H,4-42H2,1-3H3,(H,48,50)(H,49,53)(H,54,55)/t44-/m1/s1. The van der Waals surface area contributed by atoms with Crippen molar-refractivity contribution in [3.05, 3.63) is 0 Å². The van der Waals surface area contributed by atoms with E-state index in [-0.39, 0.29) is 45.1 Å². The van der Waals surface area contributed by atoms with Crippen molar-refractivity contribution in [1.82, 2.24) is 10.6 Å². The van der Waals surface area contributed by atoms with Gasteiger partial charge in [-0.1, -0.05) is 194 Å². The Labute approximate surface area is 371 Å². The number of unbranched alkanes of at least 4 members (excludes halogenated alkanes) is 28. The van der Waals surface area contributed by atoms with Gasteiger partial charge in [0.1, 0.15) is 6.61 Å². The van der Waals surface area contributed by atoms with Crippen molar-refractivity contribution in [2.75, 3.05) is 39.5 Å². The third-order valence-electron chi connectivity index (χ3n) is 10.7. The normalized spacial score (nSPS) is 12.7. The number of amides is 2. The van der Waals surface area contributed by atoms with Crippen molar-refractivity contribution in [3.8, 4) is 0 Å². The van der Waals surface area contributed by atoms with E-state index in [9.17, 15) is 28.6 Å². The first-order valence-corrected chi connectivity index (χ1v) is 26.2. The van der Waals surface area contributed by atoms with Gasteiger partial charge in [0.15, 0.2) is 6.10 Å². The third kappa shape index (κ3) is 45.6. The van der Waals surface area contributed by atoms with Crippen molar-refractivity contribution in [2.45, 2.75) is 239 Å². The summed E-state index contributed by atoms with van der Waals surface area (Å²) in [7, 11) is -4.60. The maximum Gasteiger partial charge on any atom is 0.472 e.